The van der Waals surface area contributed by atoms with Crippen LogP contribution in [0.15, 0.2) is 24.3 Å². The molecule has 2 amide bonds. The van der Waals surface area contributed by atoms with Gasteiger partial charge < -0.3 is 9.57 Å². The van der Waals surface area contributed by atoms with Gasteiger partial charge in [-0.15, -0.1) is 5.06 Å². The van der Waals surface area contributed by atoms with E-state index in [0.717, 1.165) is 12.8 Å². The van der Waals surface area contributed by atoms with Gasteiger partial charge in [0.1, 0.15) is 5.75 Å². The molecule has 0 aliphatic heterocycles. The average Bonchev–Trinajstić information content (AvgIpc) is 2.73. The Bertz CT molecular complexity index is 751. The SMILES string of the molecule is CC.CCC(C)(C)CC(=O)ON(C(C)=O)C(C)=O.CCC(C)(C)c1ccc(OC(C)=O)cc1. The fourth-order valence-corrected chi connectivity index (χ4v) is 2.34. The molecule has 0 aromatic heterocycles. The van der Waals surface area contributed by atoms with Crippen molar-refractivity contribution in [1.29, 1.82) is 0 Å². The number of carbonyl (C=O) groups is 4. The molecule has 7 nitrogen and oxygen atoms in total. The van der Waals surface area contributed by atoms with Gasteiger partial charge >= 0.3 is 11.9 Å². The van der Waals surface area contributed by atoms with Gasteiger partial charge in [0.2, 0.25) is 0 Å². The van der Waals surface area contributed by atoms with Crippen molar-refractivity contribution in [2.75, 3.05) is 0 Å². The molecule has 0 atom stereocenters. The van der Waals surface area contributed by atoms with Gasteiger partial charge in [0.25, 0.3) is 11.8 Å². The van der Waals surface area contributed by atoms with Crippen molar-refractivity contribution in [1.82, 2.24) is 5.06 Å². The van der Waals surface area contributed by atoms with E-state index < -0.39 is 17.8 Å². The molecule has 0 unspecified atom stereocenters. The number of benzene rings is 1. The molecule has 0 bridgehead atoms. The van der Waals surface area contributed by atoms with Crippen LogP contribution in [-0.2, 0) is 29.4 Å². The molecule has 0 aliphatic rings. The molecule has 1 aromatic rings. The first-order chi connectivity index (χ1) is 15.1. The standard InChI is InChI=1S/C13H18O2.C11H19NO4.C2H6/c1-5-13(3,4)11-6-8-12(9-7-11)15-10(2)14;1-6-11(4,5)7-10(15)16-12(8(2)13)9(3)14;1-2/h6-9H,5H2,1-4H3;6-7H2,1-5H3;1-2H3. The lowest BCUT2D eigenvalue weighted by Gasteiger charge is -2.23. The van der Waals surface area contributed by atoms with Gasteiger partial charge in [-0.3, -0.25) is 14.4 Å². The topological polar surface area (TPSA) is 90.0 Å². The number of rotatable bonds is 6. The van der Waals surface area contributed by atoms with Crippen LogP contribution in [0.2, 0.25) is 0 Å². The van der Waals surface area contributed by atoms with E-state index in [9.17, 15) is 19.2 Å². The summed E-state index contributed by atoms with van der Waals surface area (Å²) in [6, 6.07) is 7.71. The zero-order valence-corrected chi connectivity index (χ0v) is 22.3. The van der Waals surface area contributed by atoms with Crippen LogP contribution < -0.4 is 4.74 Å². The Labute approximate surface area is 199 Å². The second-order valence-corrected chi connectivity index (χ2v) is 8.85. The predicted octanol–water partition coefficient (Wildman–Crippen LogP) is 5.99. The number of hydrogen-bond acceptors (Lipinski definition) is 6. The van der Waals surface area contributed by atoms with Gasteiger partial charge in [0, 0.05) is 20.8 Å². The number of carbonyl (C=O) groups excluding carboxylic acids is 4. The van der Waals surface area contributed by atoms with Crippen molar-refractivity contribution in [3.05, 3.63) is 29.8 Å². The van der Waals surface area contributed by atoms with Crippen LogP contribution in [0.1, 0.15) is 101 Å². The Morgan fingerprint density at radius 3 is 1.61 bits per heavy atom. The van der Waals surface area contributed by atoms with Crippen molar-refractivity contribution < 1.29 is 28.8 Å². The highest BCUT2D eigenvalue weighted by Crippen LogP contribution is 2.28. The van der Waals surface area contributed by atoms with Gasteiger partial charge in [-0.2, -0.15) is 0 Å². The van der Waals surface area contributed by atoms with E-state index in [1.54, 1.807) is 0 Å². The van der Waals surface area contributed by atoms with E-state index >= 15 is 0 Å². The predicted molar refractivity (Wildman–Crippen MR) is 130 cm³/mol. The quantitative estimate of drug-likeness (QED) is 0.291. The molecule has 0 saturated heterocycles. The molecule has 0 aliphatic carbocycles. The van der Waals surface area contributed by atoms with Crippen LogP contribution in [0, 0.1) is 5.41 Å². The second kappa shape index (κ2) is 15.2. The molecular formula is C26H43NO6. The lowest BCUT2D eigenvalue weighted by Crippen LogP contribution is -2.36. The number of ether oxygens (including phenoxy) is 1. The summed E-state index contributed by atoms with van der Waals surface area (Å²) >= 11 is 0. The number of esters is 1. The maximum atomic E-state index is 11.5. The zero-order valence-electron chi connectivity index (χ0n) is 22.3. The minimum Gasteiger partial charge on any atom is -0.427 e. The molecule has 0 spiro atoms. The summed E-state index contributed by atoms with van der Waals surface area (Å²) in [5.74, 6) is -1.45. The Morgan fingerprint density at radius 2 is 1.27 bits per heavy atom. The van der Waals surface area contributed by atoms with Gasteiger partial charge in [-0.1, -0.05) is 73.9 Å². The summed E-state index contributed by atoms with van der Waals surface area (Å²) in [6.07, 6.45) is 2.06. The van der Waals surface area contributed by atoms with Crippen LogP contribution in [0.4, 0.5) is 0 Å². The normalized spacial score (nSPS) is 10.5. The lowest BCUT2D eigenvalue weighted by atomic mass is 9.82. The average molecular weight is 466 g/mol. The van der Waals surface area contributed by atoms with E-state index in [2.05, 4.69) is 20.8 Å². The van der Waals surface area contributed by atoms with Crippen LogP contribution in [0.25, 0.3) is 0 Å². The van der Waals surface area contributed by atoms with Crippen LogP contribution >= 0.6 is 0 Å². The van der Waals surface area contributed by atoms with Gasteiger partial charge in [-0.25, -0.2) is 4.79 Å². The number of imide groups is 1. The third-order valence-electron chi connectivity index (χ3n) is 5.13. The van der Waals surface area contributed by atoms with Gasteiger partial charge in [0.15, 0.2) is 0 Å². The fourth-order valence-electron chi connectivity index (χ4n) is 2.34. The Kier molecular flexibility index (Phi) is 15.0. The zero-order chi connectivity index (χ0) is 26.4. The summed E-state index contributed by atoms with van der Waals surface area (Å²) in [7, 11) is 0. The molecule has 0 saturated carbocycles. The summed E-state index contributed by atoms with van der Waals surface area (Å²) < 4.78 is 4.98. The summed E-state index contributed by atoms with van der Waals surface area (Å²) in [6.45, 7) is 20.1. The maximum absolute atomic E-state index is 11.5. The molecule has 1 aromatic carbocycles. The third-order valence-corrected chi connectivity index (χ3v) is 5.13. The summed E-state index contributed by atoms with van der Waals surface area (Å²) in [4.78, 5) is 48.9. The summed E-state index contributed by atoms with van der Waals surface area (Å²) in [5.41, 5.74) is 1.24. The molecule has 0 N–H and O–H groups in total. The minimum absolute atomic E-state index is 0.167. The number of amides is 2. The third kappa shape index (κ3) is 13.4. The minimum atomic E-state index is -0.602. The van der Waals surface area contributed by atoms with E-state index in [0.29, 0.717) is 10.8 Å². The van der Waals surface area contributed by atoms with Crippen molar-refractivity contribution in [2.24, 2.45) is 5.41 Å². The van der Waals surface area contributed by atoms with Crippen molar-refractivity contribution in [2.45, 2.75) is 101 Å². The van der Waals surface area contributed by atoms with Crippen molar-refractivity contribution in [3.8, 4) is 5.75 Å². The van der Waals surface area contributed by atoms with Crippen molar-refractivity contribution in [3.63, 3.8) is 0 Å². The fraction of sp³-hybridized carbons (Fsp3) is 0.615. The second-order valence-electron chi connectivity index (χ2n) is 8.85. The van der Waals surface area contributed by atoms with Gasteiger partial charge in [0.05, 0.1) is 6.42 Å². The molecular weight excluding hydrogens is 422 g/mol. The van der Waals surface area contributed by atoms with Crippen LogP contribution in [-0.4, -0.2) is 28.8 Å². The van der Waals surface area contributed by atoms with Crippen LogP contribution in [0.5, 0.6) is 5.75 Å². The number of hydroxylamine groups is 2. The molecule has 7 heteroatoms. The largest absolute Gasteiger partial charge is 0.427 e. The first-order valence-corrected chi connectivity index (χ1v) is 11.5. The first kappa shape index (κ1) is 32.5. The highest BCUT2D eigenvalue weighted by molar-refractivity contribution is 5.92. The van der Waals surface area contributed by atoms with Gasteiger partial charge in [-0.05, 0) is 34.9 Å². The molecule has 188 valence electrons. The monoisotopic (exact) mass is 465 g/mol. The number of hydrogen-bond donors (Lipinski definition) is 0. The highest BCUT2D eigenvalue weighted by Gasteiger charge is 2.25. The molecule has 1 rings (SSSR count). The Balaban J connectivity index is 0. The highest BCUT2D eigenvalue weighted by atomic mass is 16.7. The van der Waals surface area contributed by atoms with Crippen LogP contribution in [0.3, 0.4) is 0 Å². The van der Waals surface area contributed by atoms with E-state index in [-0.39, 0.29) is 23.2 Å². The lowest BCUT2D eigenvalue weighted by molar-refractivity contribution is -0.202. The van der Waals surface area contributed by atoms with E-state index in [1.807, 2.05) is 58.9 Å². The molecule has 0 fully saturated rings. The van der Waals surface area contributed by atoms with E-state index in [4.69, 9.17) is 9.57 Å². The maximum Gasteiger partial charge on any atom is 0.333 e. The molecule has 0 heterocycles. The van der Waals surface area contributed by atoms with Crippen molar-refractivity contribution >= 4 is 23.8 Å². The Hall–Kier alpha value is -2.70. The Morgan fingerprint density at radius 1 is 0.818 bits per heavy atom. The summed E-state index contributed by atoms with van der Waals surface area (Å²) in [5, 5.41) is 0.480. The first-order valence-electron chi connectivity index (χ1n) is 11.5. The molecule has 33 heavy (non-hydrogen) atoms. The van der Waals surface area contributed by atoms with E-state index in [1.165, 1.54) is 26.3 Å². The molecule has 0 radical (unpaired) electrons. The smallest absolute Gasteiger partial charge is 0.333 e. The number of nitrogens with zero attached hydrogens (tertiary/aromatic N) is 1.